The van der Waals surface area contributed by atoms with Crippen LogP contribution in [0.5, 0.6) is 5.75 Å². The van der Waals surface area contributed by atoms with Gasteiger partial charge < -0.3 is 10.5 Å². The summed E-state index contributed by atoms with van der Waals surface area (Å²) in [6, 6.07) is 5.02. The van der Waals surface area contributed by atoms with Gasteiger partial charge in [-0.15, -0.1) is 0 Å². The van der Waals surface area contributed by atoms with E-state index in [2.05, 4.69) is 0 Å². The zero-order valence-corrected chi connectivity index (χ0v) is 10.6. The molecule has 0 aromatic heterocycles. The van der Waals surface area contributed by atoms with Crippen molar-refractivity contribution in [2.75, 3.05) is 7.11 Å². The molecule has 1 aromatic carbocycles. The molecule has 2 rings (SSSR count). The van der Waals surface area contributed by atoms with Crippen LogP contribution in [0.4, 0.5) is 4.39 Å². The molecule has 17 heavy (non-hydrogen) atoms. The fourth-order valence-electron chi connectivity index (χ4n) is 2.46. The van der Waals surface area contributed by atoms with Gasteiger partial charge in [0.25, 0.3) is 0 Å². The maximum Gasteiger partial charge on any atom is 0.137 e. The molecule has 0 heterocycles. The lowest BCUT2D eigenvalue weighted by Gasteiger charge is -2.33. The molecule has 0 spiro atoms. The molecule has 0 bridgehead atoms. The number of benzene rings is 1. The monoisotopic (exact) mass is 257 g/mol. The van der Waals surface area contributed by atoms with Crippen LogP contribution in [-0.2, 0) is 5.67 Å². The number of hydrogen-bond donors (Lipinski definition) is 1. The lowest BCUT2D eigenvalue weighted by Crippen LogP contribution is -2.36. The second-order valence-corrected chi connectivity index (χ2v) is 5.08. The molecule has 2 unspecified atom stereocenters. The van der Waals surface area contributed by atoms with Crippen molar-refractivity contribution in [2.45, 2.75) is 37.4 Å². The minimum atomic E-state index is -1.34. The third kappa shape index (κ3) is 2.55. The summed E-state index contributed by atoms with van der Waals surface area (Å²) in [6.07, 6.45) is 2.61. The van der Waals surface area contributed by atoms with E-state index in [1.165, 1.54) is 7.11 Å². The van der Waals surface area contributed by atoms with Gasteiger partial charge in [-0.25, -0.2) is 4.39 Å². The summed E-state index contributed by atoms with van der Waals surface area (Å²) in [4.78, 5) is 0. The molecule has 1 aliphatic rings. The number of alkyl halides is 1. The molecule has 1 fully saturated rings. The van der Waals surface area contributed by atoms with Crippen LogP contribution in [0.1, 0.15) is 31.2 Å². The topological polar surface area (TPSA) is 35.2 Å². The fraction of sp³-hybridized carbons (Fsp3) is 0.538. The van der Waals surface area contributed by atoms with Crippen LogP contribution in [0.15, 0.2) is 18.2 Å². The maximum absolute atomic E-state index is 14.8. The Hall–Kier alpha value is -0.800. The quantitative estimate of drug-likeness (QED) is 0.881. The van der Waals surface area contributed by atoms with Gasteiger partial charge in [0.1, 0.15) is 11.4 Å². The van der Waals surface area contributed by atoms with Crippen LogP contribution in [0.25, 0.3) is 0 Å². The lowest BCUT2D eigenvalue weighted by atomic mass is 9.79. The van der Waals surface area contributed by atoms with Crippen molar-refractivity contribution in [3.05, 3.63) is 28.8 Å². The molecule has 0 saturated heterocycles. The highest BCUT2D eigenvalue weighted by Gasteiger charge is 2.37. The first-order valence-electron chi connectivity index (χ1n) is 5.84. The first-order valence-corrected chi connectivity index (χ1v) is 6.21. The van der Waals surface area contributed by atoms with Crippen LogP contribution < -0.4 is 10.5 Å². The molecule has 1 aromatic rings. The molecule has 94 valence electrons. The summed E-state index contributed by atoms with van der Waals surface area (Å²) in [6.45, 7) is 0. The average molecular weight is 258 g/mol. The van der Waals surface area contributed by atoms with Gasteiger partial charge in [0.15, 0.2) is 0 Å². The fourth-order valence-corrected chi connectivity index (χ4v) is 2.66. The van der Waals surface area contributed by atoms with Gasteiger partial charge in [-0.2, -0.15) is 0 Å². The van der Waals surface area contributed by atoms with E-state index >= 15 is 0 Å². The van der Waals surface area contributed by atoms with Gasteiger partial charge in [0, 0.05) is 12.5 Å². The highest BCUT2D eigenvalue weighted by Crippen LogP contribution is 2.42. The second kappa shape index (κ2) is 4.83. The molecule has 1 aliphatic carbocycles. The van der Waals surface area contributed by atoms with Crippen molar-refractivity contribution < 1.29 is 9.13 Å². The normalized spacial score (nSPS) is 29.1. The minimum Gasteiger partial charge on any atom is -0.495 e. The van der Waals surface area contributed by atoms with E-state index in [0.29, 0.717) is 29.2 Å². The van der Waals surface area contributed by atoms with Crippen LogP contribution in [0.3, 0.4) is 0 Å². The number of methoxy groups -OCH3 is 1. The standard InChI is InChI=1S/C13H17ClFNO/c1-17-12-7-9(4-5-11(12)14)13(15)6-2-3-10(16)8-13/h4-5,7,10H,2-3,6,8,16H2,1H3. The average Bonchev–Trinajstić information content (AvgIpc) is 2.29. The van der Waals surface area contributed by atoms with E-state index in [1.54, 1.807) is 18.2 Å². The Kier molecular flexibility index (Phi) is 3.59. The Morgan fingerprint density at radius 3 is 2.94 bits per heavy atom. The Labute approximate surface area is 106 Å². The van der Waals surface area contributed by atoms with Gasteiger partial charge in [0.05, 0.1) is 12.1 Å². The predicted molar refractivity (Wildman–Crippen MR) is 67.2 cm³/mol. The highest BCUT2D eigenvalue weighted by atomic mass is 35.5. The van der Waals surface area contributed by atoms with Crippen molar-refractivity contribution in [3.8, 4) is 5.75 Å². The van der Waals surface area contributed by atoms with Gasteiger partial charge in [-0.1, -0.05) is 17.7 Å². The first kappa shape index (κ1) is 12.7. The zero-order valence-electron chi connectivity index (χ0n) is 9.88. The van der Waals surface area contributed by atoms with Crippen molar-refractivity contribution >= 4 is 11.6 Å². The highest BCUT2D eigenvalue weighted by molar-refractivity contribution is 6.32. The smallest absolute Gasteiger partial charge is 0.137 e. The Bertz CT molecular complexity index is 412. The summed E-state index contributed by atoms with van der Waals surface area (Å²) >= 11 is 5.94. The zero-order chi connectivity index (χ0) is 12.5. The molecular formula is C13H17ClFNO. The Morgan fingerprint density at radius 1 is 1.53 bits per heavy atom. The molecule has 0 radical (unpaired) electrons. The summed E-state index contributed by atoms with van der Waals surface area (Å²) in [5, 5.41) is 0.500. The summed E-state index contributed by atoms with van der Waals surface area (Å²) in [5.41, 5.74) is 5.13. The van der Waals surface area contributed by atoms with E-state index in [-0.39, 0.29) is 6.04 Å². The molecule has 2 atom stereocenters. The lowest BCUT2D eigenvalue weighted by molar-refractivity contribution is 0.0945. The van der Waals surface area contributed by atoms with Gasteiger partial charge in [0.2, 0.25) is 0 Å². The van der Waals surface area contributed by atoms with Crippen LogP contribution in [0, 0.1) is 0 Å². The summed E-state index contributed by atoms with van der Waals surface area (Å²) < 4.78 is 19.9. The van der Waals surface area contributed by atoms with E-state index in [0.717, 1.165) is 12.8 Å². The van der Waals surface area contributed by atoms with Gasteiger partial charge in [-0.05, 0) is 37.0 Å². The largest absolute Gasteiger partial charge is 0.495 e. The molecule has 0 aliphatic heterocycles. The number of halogens is 2. The van der Waals surface area contributed by atoms with Gasteiger partial charge in [-0.3, -0.25) is 0 Å². The molecule has 2 nitrogen and oxygen atoms in total. The summed E-state index contributed by atoms with van der Waals surface area (Å²) in [7, 11) is 1.53. The summed E-state index contributed by atoms with van der Waals surface area (Å²) in [5.74, 6) is 0.514. The molecule has 4 heteroatoms. The van der Waals surface area contributed by atoms with E-state index in [4.69, 9.17) is 22.1 Å². The van der Waals surface area contributed by atoms with Gasteiger partial charge >= 0.3 is 0 Å². The van der Waals surface area contributed by atoms with Crippen molar-refractivity contribution in [2.24, 2.45) is 5.73 Å². The van der Waals surface area contributed by atoms with Crippen LogP contribution >= 0.6 is 11.6 Å². The predicted octanol–water partition coefficient (Wildman–Crippen LogP) is 3.41. The van der Waals surface area contributed by atoms with E-state index < -0.39 is 5.67 Å². The Balaban J connectivity index is 2.32. The van der Waals surface area contributed by atoms with Crippen LogP contribution in [-0.4, -0.2) is 13.2 Å². The molecule has 1 saturated carbocycles. The maximum atomic E-state index is 14.8. The van der Waals surface area contributed by atoms with Crippen molar-refractivity contribution in [3.63, 3.8) is 0 Å². The Morgan fingerprint density at radius 2 is 2.29 bits per heavy atom. The third-order valence-corrected chi connectivity index (χ3v) is 3.71. The van der Waals surface area contributed by atoms with Crippen molar-refractivity contribution in [1.29, 1.82) is 0 Å². The first-order chi connectivity index (χ1) is 8.05. The molecular weight excluding hydrogens is 241 g/mol. The van der Waals surface area contributed by atoms with E-state index in [9.17, 15) is 4.39 Å². The SMILES string of the molecule is COc1cc(C2(F)CCCC(N)C2)ccc1Cl. The second-order valence-electron chi connectivity index (χ2n) is 4.67. The van der Waals surface area contributed by atoms with Crippen molar-refractivity contribution in [1.82, 2.24) is 0 Å². The molecule has 2 N–H and O–H groups in total. The molecule has 0 amide bonds. The van der Waals surface area contributed by atoms with E-state index in [1.807, 2.05) is 0 Å². The number of hydrogen-bond acceptors (Lipinski definition) is 2. The number of rotatable bonds is 2. The number of nitrogens with two attached hydrogens (primary N) is 1. The van der Waals surface area contributed by atoms with Crippen LogP contribution in [0.2, 0.25) is 5.02 Å². The third-order valence-electron chi connectivity index (χ3n) is 3.40. The number of ether oxygens (including phenoxy) is 1. The minimum absolute atomic E-state index is 0.0598.